The number of aromatic amines is 1. The second kappa shape index (κ2) is 2.07. The van der Waals surface area contributed by atoms with E-state index in [1.165, 1.54) is 0 Å². The van der Waals surface area contributed by atoms with Crippen LogP contribution in [-0.4, -0.2) is 30.6 Å². The van der Waals surface area contributed by atoms with Crippen LogP contribution in [0.5, 0.6) is 11.8 Å². The zero-order chi connectivity index (χ0) is 8.72. The molecule has 12 heavy (non-hydrogen) atoms. The summed E-state index contributed by atoms with van der Waals surface area (Å²) in [6, 6.07) is 0. The second-order valence-corrected chi connectivity index (χ2v) is 2.42. The number of aryl methyl sites for hydroxylation is 1. The molecule has 0 aliphatic rings. The SMILES string of the molecule is Cc1[nH]nc2c(O)nnc(O)c12. The van der Waals surface area contributed by atoms with Crippen LogP contribution in [0.4, 0.5) is 0 Å². The number of hydrogen-bond donors (Lipinski definition) is 3. The first-order valence-corrected chi connectivity index (χ1v) is 3.29. The molecule has 0 amide bonds. The molecule has 0 saturated carbocycles. The van der Waals surface area contributed by atoms with Gasteiger partial charge in [0.25, 0.3) is 5.88 Å². The van der Waals surface area contributed by atoms with E-state index in [4.69, 9.17) is 5.11 Å². The van der Waals surface area contributed by atoms with Crippen molar-refractivity contribution in [3.05, 3.63) is 5.69 Å². The van der Waals surface area contributed by atoms with Gasteiger partial charge < -0.3 is 10.2 Å². The molecule has 0 aliphatic heterocycles. The monoisotopic (exact) mass is 166 g/mol. The molecule has 0 aromatic carbocycles. The average molecular weight is 166 g/mol. The number of rotatable bonds is 0. The number of nitrogens with one attached hydrogen (secondary N) is 1. The summed E-state index contributed by atoms with van der Waals surface area (Å²) in [5.74, 6) is -0.513. The van der Waals surface area contributed by atoms with Gasteiger partial charge in [0, 0.05) is 5.69 Å². The molecular formula is C6H6N4O2. The van der Waals surface area contributed by atoms with Crippen LogP contribution >= 0.6 is 0 Å². The largest absolute Gasteiger partial charge is 0.492 e. The summed E-state index contributed by atoms with van der Waals surface area (Å²) >= 11 is 0. The van der Waals surface area contributed by atoms with Crippen LogP contribution < -0.4 is 0 Å². The van der Waals surface area contributed by atoms with Crippen molar-refractivity contribution in [2.24, 2.45) is 0 Å². The highest BCUT2D eigenvalue weighted by atomic mass is 16.3. The topological polar surface area (TPSA) is 94.9 Å². The normalized spacial score (nSPS) is 10.8. The molecule has 2 heterocycles. The fourth-order valence-electron chi connectivity index (χ4n) is 1.06. The Bertz CT molecular complexity index is 436. The van der Waals surface area contributed by atoms with Gasteiger partial charge in [0.15, 0.2) is 5.52 Å². The van der Waals surface area contributed by atoms with E-state index in [1.807, 2.05) is 0 Å². The summed E-state index contributed by atoms with van der Waals surface area (Å²) in [6.45, 7) is 1.72. The van der Waals surface area contributed by atoms with Crippen molar-refractivity contribution in [1.29, 1.82) is 0 Å². The minimum atomic E-state index is -0.285. The van der Waals surface area contributed by atoms with Crippen LogP contribution in [0.2, 0.25) is 0 Å². The van der Waals surface area contributed by atoms with Crippen LogP contribution in [0, 0.1) is 6.92 Å². The maximum atomic E-state index is 9.22. The van der Waals surface area contributed by atoms with Crippen molar-refractivity contribution in [3.63, 3.8) is 0 Å². The number of aromatic nitrogens is 4. The van der Waals surface area contributed by atoms with Crippen molar-refractivity contribution in [3.8, 4) is 11.8 Å². The molecule has 2 aromatic rings. The van der Waals surface area contributed by atoms with Crippen molar-refractivity contribution in [1.82, 2.24) is 20.4 Å². The third-order valence-electron chi connectivity index (χ3n) is 1.62. The van der Waals surface area contributed by atoms with Gasteiger partial charge in [0.05, 0.1) is 5.39 Å². The van der Waals surface area contributed by atoms with E-state index < -0.39 is 0 Å². The molecular weight excluding hydrogens is 160 g/mol. The summed E-state index contributed by atoms with van der Waals surface area (Å²) < 4.78 is 0. The van der Waals surface area contributed by atoms with Gasteiger partial charge in [-0.25, -0.2) is 0 Å². The zero-order valence-electron chi connectivity index (χ0n) is 6.24. The molecule has 0 spiro atoms. The Morgan fingerprint density at radius 2 is 1.83 bits per heavy atom. The highest BCUT2D eigenvalue weighted by molar-refractivity contribution is 5.88. The molecule has 6 heteroatoms. The Morgan fingerprint density at radius 1 is 1.17 bits per heavy atom. The lowest BCUT2D eigenvalue weighted by molar-refractivity contribution is 0.423. The van der Waals surface area contributed by atoms with Crippen molar-refractivity contribution < 1.29 is 10.2 Å². The standard InChI is InChI=1S/C6H6N4O2/c1-2-3-4(8-7-2)6(12)10-9-5(3)11/h1H3,(H,7,8)(H,9,11)(H,10,12). The molecule has 0 radical (unpaired) electrons. The van der Waals surface area contributed by atoms with E-state index in [-0.39, 0.29) is 17.3 Å². The van der Waals surface area contributed by atoms with Gasteiger partial charge in [-0.05, 0) is 6.92 Å². The summed E-state index contributed by atoms with van der Waals surface area (Å²) in [7, 11) is 0. The minimum Gasteiger partial charge on any atom is -0.492 e. The van der Waals surface area contributed by atoms with Crippen molar-refractivity contribution in [2.45, 2.75) is 6.92 Å². The predicted octanol–water partition coefficient (Wildman–Crippen LogP) is 0.0725. The summed E-state index contributed by atoms with van der Waals surface area (Å²) in [4.78, 5) is 0. The van der Waals surface area contributed by atoms with Gasteiger partial charge in [-0.2, -0.15) is 5.10 Å². The fraction of sp³-hybridized carbons (Fsp3) is 0.167. The van der Waals surface area contributed by atoms with E-state index in [0.717, 1.165) is 0 Å². The summed E-state index contributed by atoms with van der Waals surface area (Å²) in [5.41, 5.74) is 0.882. The number of aromatic hydroxyl groups is 2. The maximum absolute atomic E-state index is 9.22. The highest BCUT2D eigenvalue weighted by Crippen LogP contribution is 2.27. The van der Waals surface area contributed by atoms with Gasteiger partial charge in [0.1, 0.15) is 0 Å². The highest BCUT2D eigenvalue weighted by Gasteiger charge is 2.12. The van der Waals surface area contributed by atoms with Gasteiger partial charge in [0.2, 0.25) is 5.88 Å². The van der Waals surface area contributed by atoms with E-state index >= 15 is 0 Å². The van der Waals surface area contributed by atoms with Crippen molar-refractivity contribution >= 4 is 10.9 Å². The molecule has 62 valence electrons. The molecule has 3 N–H and O–H groups in total. The smallest absolute Gasteiger partial charge is 0.260 e. The van der Waals surface area contributed by atoms with Gasteiger partial charge in [-0.1, -0.05) is 0 Å². The molecule has 0 unspecified atom stereocenters. The van der Waals surface area contributed by atoms with E-state index in [9.17, 15) is 5.11 Å². The average Bonchev–Trinajstić information content (AvgIpc) is 2.42. The Hall–Kier alpha value is -1.85. The number of hydrogen-bond acceptors (Lipinski definition) is 5. The third kappa shape index (κ3) is 0.714. The Kier molecular flexibility index (Phi) is 1.18. The van der Waals surface area contributed by atoms with Gasteiger partial charge in [-0.15, -0.1) is 10.2 Å². The van der Waals surface area contributed by atoms with E-state index in [1.54, 1.807) is 6.92 Å². The maximum Gasteiger partial charge on any atom is 0.260 e. The quantitative estimate of drug-likeness (QED) is 0.514. The van der Waals surface area contributed by atoms with E-state index in [0.29, 0.717) is 11.1 Å². The molecule has 0 aliphatic carbocycles. The summed E-state index contributed by atoms with van der Waals surface area (Å²) in [6.07, 6.45) is 0. The lowest BCUT2D eigenvalue weighted by Gasteiger charge is -1.93. The Labute approximate surface area is 66.9 Å². The van der Waals surface area contributed by atoms with Crippen LogP contribution in [0.3, 0.4) is 0 Å². The molecule has 0 bridgehead atoms. The lowest BCUT2D eigenvalue weighted by atomic mass is 10.3. The van der Waals surface area contributed by atoms with Gasteiger partial charge >= 0.3 is 0 Å². The fourth-order valence-corrected chi connectivity index (χ4v) is 1.06. The van der Waals surface area contributed by atoms with Gasteiger partial charge in [-0.3, -0.25) is 5.10 Å². The Morgan fingerprint density at radius 3 is 2.50 bits per heavy atom. The first-order chi connectivity index (χ1) is 5.70. The van der Waals surface area contributed by atoms with Crippen LogP contribution in [0.25, 0.3) is 10.9 Å². The number of fused-ring (bicyclic) bond motifs is 1. The lowest BCUT2D eigenvalue weighted by Crippen LogP contribution is -1.83. The van der Waals surface area contributed by atoms with E-state index in [2.05, 4.69) is 20.4 Å². The van der Waals surface area contributed by atoms with Crippen LogP contribution in [0.1, 0.15) is 5.69 Å². The molecule has 2 rings (SSSR count). The molecule has 0 saturated heterocycles. The Balaban J connectivity index is 2.98. The zero-order valence-corrected chi connectivity index (χ0v) is 6.24. The number of nitrogens with zero attached hydrogens (tertiary/aromatic N) is 3. The van der Waals surface area contributed by atoms with Crippen LogP contribution in [-0.2, 0) is 0 Å². The first-order valence-electron chi connectivity index (χ1n) is 3.29. The third-order valence-corrected chi connectivity index (χ3v) is 1.62. The molecule has 2 aromatic heterocycles. The minimum absolute atomic E-state index is 0.228. The molecule has 6 nitrogen and oxygen atoms in total. The second-order valence-electron chi connectivity index (χ2n) is 2.42. The predicted molar refractivity (Wildman–Crippen MR) is 39.8 cm³/mol. The van der Waals surface area contributed by atoms with Crippen LogP contribution in [0.15, 0.2) is 0 Å². The number of H-pyrrole nitrogens is 1. The first kappa shape index (κ1) is 6.84. The molecule has 0 atom stereocenters. The summed E-state index contributed by atoms with van der Waals surface area (Å²) in [5, 5.41) is 31.7. The van der Waals surface area contributed by atoms with Crippen molar-refractivity contribution in [2.75, 3.05) is 0 Å². The molecule has 0 fully saturated rings.